The van der Waals surface area contributed by atoms with E-state index in [9.17, 15) is 13.9 Å². The molecule has 0 heterocycles. The molecule has 0 amide bonds. The van der Waals surface area contributed by atoms with E-state index >= 15 is 0 Å². The molecule has 0 aliphatic heterocycles. The van der Waals surface area contributed by atoms with E-state index in [4.69, 9.17) is 0 Å². The summed E-state index contributed by atoms with van der Waals surface area (Å²) in [5.74, 6) is -1.75. The molecule has 1 nitrogen and oxygen atoms in total. The fraction of sp³-hybridized carbons (Fsp3) is 0.294. The van der Waals surface area contributed by atoms with Crippen LogP contribution in [0.15, 0.2) is 48.5 Å². The predicted octanol–water partition coefficient (Wildman–Crippen LogP) is 4.20. The summed E-state index contributed by atoms with van der Waals surface area (Å²) in [4.78, 5) is 0. The van der Waals surface area contributed by atoms with Crippen LogP contribution in [0.25, 0.3) is 0 Å². The summed E-state index contributed by atoms with van der Waals surface area (Å²) in [6.07, 6.45) is 1.63. The highest BCUT2D eigenvalue weighted by atomic mass is 19.2. The summed E-state index contributed by atoms with van der Waals surface area (Å²) < 4.78 is 26.3. The summed E-state index contributed by atoms with van der Waals surface area (Å²) in [5.41, 5.74) is 0.329. The average molecular weight is 276 g/mol. The maximum atomic E-state index is 13.3. The second-order valence-electron chi connectivity index (χ2n) is 5.07. The molecule has 2 aromatic carbocycles. The van der Waals surface area contributed by atoms with Gasteiger partial charge in [-0.2, -0.15) is 0 Å². The molecule has 0 saturated carbocycles. The quantitative estimate of drug-likeness (QED) is 0.868. The van der Waals surface area contributed by atoms with Crippen LogP contribution >= 0.6 is 0 Å². The molecule has 106 valence electrons. The summed E-state index contributed by atoms with van der Waals surface area (Å²) in [6, 6.07) is 13.1. The van der Waals surface area contributed by atoms with E-state index in [2.05, 4.69) is 0 Å². The van der Waals surface area contributed by atoms with Crippen LogP contribution in [0.2, 0.25) is 0 Å². The van der Waals surface area contributed by atoms with Crippen LogP contribution in [0.3, 0.4) is 0 Å². The van der Waals surface area contributed by atoms with Crippen molar-refractivity contribution in [2.45, 2.75) is 31.8 Å². The van der Waals surface area contributed by atoms with Crippen LogP contribution in [0.5, 0.6) is 0 Å². The maximum absolute atomic E-state index is 13.3. The highest BCUT2D eigenvalue weighted by Crippen LogP contribution is 2.30. The van der Waals surface area contributed by atoms with Gasteiger partial charge < -0.3 is 5.11 Å². The standard InChI is InChI=1S/C17H18F2O/c1-2-10-17(20,14-6-4-3-5-7-14)12-13-8-9-15(18)16(19)11-13/h3-9,11,20H,2,10,12H2,1H3. The molecule has 3 heteroatoms. The first-order valence-electron chi connectivity index (χ1n) is 6.77. The van der Waals surface area contributed by atoms with E-state index in [0.717, 1.165) is 24.1 Å². The molecule has 0 spiro atoms. The van der Waals surface area contributed by atoms with Crippen molar-refractivity contribution in [2.24, 2.45) is 0 Å². The van der Waals surface area contributed by atoms with Gasteiger partial charge in [0.15, 0.2) is 11.6 Å². The Morgan fingerprint density at radius 3 is 2.30 bits per heavy atom. The minimum Gasteiger partial charge on any atom is -0.385 e. The smallest absolute Gasteiger partial charge is 0.159 e. The normalized spacial score (nSPS) is 14.0. The van der Waals surface area contributed by atoms with Crippen LogP contribution < -0.4 is 0 Å². The largest absolute Gasteiger partial charge is 0.385 e. The van der Waals surface area contributed by atoms with Gasteiger partial charge in [-0.15, -0.1) is 0 Å². The Morgan fingerprint density at radius 1 is 1.00 bits per heavy atom. The van der Waals surface area contributed by atoms with Gasteiger partial charge in [0.25, 0.3) is 0 Å². The van der Waals surface area contributed by atoms with E-state index in [1.165, 1.54) is 6.07 Å². The fourth-order valence-corrected chi connectivity index (χ4v) is 2.48. The van der Waals surface area contributed by atoms with Gasteiger partial charge in [-0.3, -0.25) is 0 Å². The first kappa shape index (κ1) is 14.7. The zero-order chi connectivity index (χ0) is 14.6. The Bertz CT molecular complexity index is 568. The van der Waals surface area contributed by atoms with Crippen molar-refractivity contribution in [3.05, 3.63) is 71.3 Å². The van der Waals surface area contributed by atoms with Gasteiger partial charge in [-0.05, 0) is 29.7 Å². The highest BCUT2D eigenvalue weighted by molar-refractivity contribution is 5.27. The zero-order valence-electron chi connectivity index (χ0n) is 11.4. The number of hydrogen-bond donors (Lipinski definition) is 1. The number of halogens is 2. The summed E-state index contributed by atoms with van der Waals surface area (Å²) in [5, 5.41) is 10.9. The SMILES string of the molecule is CCCC(O)(Cc1ccc(F)c(F)c1)c1ccccc1. The van der Waals surface area contributed by atoms with Gasteiger partial charge in [0.05, 0.1) is 5.60 Å². The van der Waals surface area contributed by atoms with Crippen LogP contribution in [0.4, 0.5) is 8.78 Å². The Hall–Kier alpha value is -1.74. The van der Waals surface area contributed by atoms with Crippen LogP contribution in [-0.4, -0.2) is 5.11 Å². The fourth-order valence-electron chi connectivity index (χ4n) is 2.48. The topological polar surface area (TPSA) is 20.2 Å². The first-order valence-corrected chi connectivity index (χ1v) is 6.77. The molecule has 0 aromatic heterocycles. The average Bonchev–Trinajstić information content (AvgIpc) is 2.44. The lowest BCUT2D eigenvalue weighted by Gasteiger charge is -2.28. The van der Waals surface area contributed by atoms with Crippen molar-refractivity contribution in [3.63, 3.8) is 0 Å². The molecule has 0 fully saturated rings. The molecular weight excluding hydrogens is 258 g/mol. The van der Waals surface area contributed by atoms with Gasteiger partial charge in [-0.1, -0.05) is 49.7 Å². The molecule has 20 heavy (non-hydrogen) atoms. The third-order valence-electron chi connectivity index (χ3n) is 3.46. The molecular formula is C17H18F2O. The molecule has 0 saturated heterocycles. The summed E-state index contributed by atoms with van der Waals surface area (Å²) >= 11 is 0. The Labute approximate surface area is 117 Å². The first-order chi connectivity index (χ1) is 9.55. The minimum absolute atomic E-state index is 0.266. The zero-order valence-corrected chi connectivity index (χ0v) is 11.4. The van der Waals surface area contributed by atoms with Crippen LogP contribution in [-0.2, 0) is 12.0 Å². The lowest BCUT2D eigenvalue weighted by atomic mass is 9.83. The Kier molecular flexibility index (Phi) is 4.50. The van der Waals surface area contributed by atoms with E-state index in [1.54, 1.807) is 0 Å². The Morgan fingerprint density at radius 2 is 1.70 bits per heavy atom. The predicted molar refractivity (Wildman–Crippen MR) is 75.3 cm³/mol. The molecule has 1 atom stereocenters. The highest BCUT2D eigenvalue weighted by Gasteiger charge is 2.28. The van der Waals surface area contributed by atoms with E-state index in [-0.39, 0.29) is 6.42 Å². The summed E-state index contributed by atoms with van der Waals surface area (Å²) in [7, 11) is 0. The summed E-state index contributed by atoms with van der Waals surface area (Å²) in [6.45, 7) is 1.99. The van der Waals surface area contributed by atoms with Crippen molar-refractivity contribution in [1.82, 2.24) is 0 Å². The number of benzene rings is 2. The van der Waals surface area contributed by atoms with Crippen molar-refractivity contribution >= 4 is 0 Å². The van der Waals surface area contributed by atoms with Crippen molar-refractivity contribution in [3.8, 4) is 0 Å². The molecule has 0 bridgehead atoms. The molecule has 1 unspecified atom stereocenters. The van der Waals surface area contributed by atoms with Crippen LogP contribution in [0, 0.1) is 11.6 Å². The number of hydrogen-bond acceptors (Lipinski definition) is 1. The van der Waals surface area contributed by atoms with Crippen LogP contribution in [0.1, 0.15) is 30.9 Å². The van der Waals surface area contributed by atoms with Crippen molar-refractivity contribution in [1.29, 1.82) is 0 Å². The van der Waals surface area contributed by atoms with Crippen molar-refractivity contribution in [2.75, 3.05) is 0 Å². The number of aliphatic hydroxyl groups is 1. The maximum Gasteiger partial charge on any atom is 0.159 e. The molecule has 1 N–H and O–H groups in total. The lowest BCUT2D eigenvalue weighted by Crippen LogP contribution is -2.28. The molecule has 0 radical (unpaired) electrons. The second-order valence-corrected chi connectivity index (χ2v) is 5.07. The molecule has 0 aliphatic rings. The number of rotatable bonds is 5. The van der Waals surface area contributed by atoms with Crippen molar-refractivity contribution < 1.29 is 13.9 Å². The van der Waals surface area contributed by atoms with Gasteiger partial charge in [0.2, 0.25) is 0 Å². The van der Waals surface area contributed by atoms with Gasteiger partial charge in [0.1, 0.15) is 0 Å². The third-order valence-corrected chi connectivity index (χ3v) is 3.46. The minimum atomic E-state index is -1.06. The molecule has 0 aliphatic carbocycles. The second kappa shape index (κ2) is 6.14. The van der Waals surface area contributed by atoms with E-state index in [0.29, 0.717) is 12.0 Å². The van der Waals surface area contributed by atoms with E-state index in [1.807, 2.05) is 37.3 Å². The third kappa shape index (κ3) is 3.23. The lowest BCUT2D eigenvalue weighted by molar-refractivity contribution is 0.0268. The van der Waals surface area contributed by atoms with E-state index < -0.39 is 17.2 Å². The Balaban J connectivity index is 2.31. The monoisotopic (exact) mass is 276 g/mol. The molecule has 2 rings (SSSR count). The van der Waals surface area contributed by atoms with Gasteiger partial charge in [-0.25, -0.2) is 8.78 Å². The molecule has 2 aromatic rings. The van der Waals surface area contributed by atoms with Gasteiger partial charge in [0, 0.05) is 6.42 Å². The van der Waals surface area contributed by atoms with Gasteiger partial charge >= 0.3 is 0 Å².